The molecule has 2 aromatic rings. The molecule has 0 unspecified atom stereocenters. The van der Waals surface area contributed by atoms with Gasteiger partial charge in [-0.2, -0.15) is 0 Å². The lowest BCUT2D eigenvalue weighted by Gasteiger charge is -2.08. The highest BCUT2D eigenvalue weighted by Gasteiger charge is 2.20. The molecule has 0 bridgehead atoms. The lowest BCUT2D eigenvalue weighted by atomic mass is 10.1. The Morgan fingerprint density at radius 2 is 2.50 bits per heavy atom. The molecule has 3 heterocycles. The highest BCUT2D eigenvalue weighted by atomic mass is 32.1. The number of hydrogen-bond donors (Lipinski definition) is 1. The molecule has 0 radical (unpaired) electrons. The van der Waals surface area contributed by atoms with Gasteiger partial charge >= 0.3 is 0 Å². The van der Waals surface area contributed by atoms with E-state index in [2.05, 4.69) is 10.3 Å². The largest absolute Gasteiger partial charge is 0.462 e. The average molecular weight is 292 g/mol. The van der Waals surface area contributed by atoms with Crippen LogP contribution in [0.25, 0.3) is 10.8 Å². The van der Waals surface area contributed by atoms with Gasteiger partial charge in [0.2, 0.25) is 0 Å². The highest BCUT2D eigenvalue weighted by Crippen LogP contribution is 2.27. The van der Waals surface area contributed by atoms with Crippen molar-refractivity contribution in [1.29, 1.82) is 0 Å². The molecule has 1 amide bonds. The van der Waals surface area contributed by atoms with Crippen LogP contribution in [0.5, 0.6) is 0 Å². The summed E-state index contributed by atoms with van der Waals surface area (Å²) in [6, 6.07) is 3.65. The van der Waals surface area contributed by atoms with Crippen molar-refractivity contribution in [2.75, 3.05) is 19.8 Å². The standard InChI is InChI=1S/C14H16N2O3S/c1-9-12(13(17)15-7-10-4-6-18-8-10)16-14(20-9)11-3-2-5-19-11/h2-3,5,10H,4,6-8H2,1H3,(H,15,17)/t10-/m0/s1. The smallest absolute Gasteiger partial charge is 0.271 e. The number of amides is 1. The molecule has 1 aliphatic heterocycles. The normalized spacial score (nSPS) is 18.4. The first-order valence-corrected chi connectivity index (χ1v) is 7.43. The Labute approximate surface area is 121 Å². The van der Waals surface area contributed by atoms with E-state index in [1.54, 1.807) is 6.26 Å². The van der Waals surface area contributed by atoms with Gasteiger partial charge in [-0.1, -0.05) is 0 Å². The number of carbonyl (C=O) groups is 1. The van der Waals surface area contributed by atoms with Gasteiger partial charge in [-0.05, 0) is 25.5 Å². The van der Waals surface area contributed by atoms with E-state index < -0.39 is 0 Å². The van der Waals surface area contributed by atoms with Crippen molar-refractivity contribution in [1.82, 2.24) is 10.3 Å². The molecule has 1 fully saturated rings. The van der Waals surface area contributed by atoms with E-state index in [0.717, 1.165) is 29.5 Å². The van der Waals surface area contributed by atoms with E-state index in [0.29, 0.717) is 23.9 Å². The quantitative estimate of drug-likeness (QED) is 0.940. The van der Waals surface area contributed by atoms with Crippen molar-refractivity contribution < 1.29 is 13.9 Å². The maximum atomic E-state index is 12.2. The van der Waals surface area contributed by atoms with Gasteiger partial charge in [0.1, 0.15) is 5.69 Å². The summed E-state index contributed by atoms with van der Waals surface area (Å²) >= 11 is 1.47. The molecule has 20 heavy (non-hydrogen) atoms. The number of aryl methyl sites for hydroxylation is 1. The molecule has 1 aliphatic rings. The van der Waals surface area contributed by atoms with Crippen molar-refractivity contribution in [3.8, 4) is 10.8 Å². The van der Waals surface area contributed by atoms with Crippen LogP contribution in [-0.4, -0.2) is 30.6 Å². The monoisotopic (exact) mass is 292 g/mol. The van der Waals surface area contributed by atoms with Crippen LogP contribution in [-0.2, 0) is 4.74 Å². The number of carbonyl (C=O) groups excluding carboxylic acids is 1. The molecule has 2 aromatic heterocycles. The van der Waals surface area contributed by atoms with Gasteiger partial charge in [-0.25, -0.2) is 4.98 Å². The Hall–Kier alpha value is -1.66. The molecular formula is C14H16N2O3S. The van der Waals surface area contributed by atoms with Crippen molar-refractivity contribution in [3.63, 3.8) is 0 Å². The van der Waals surface area contributed by atoms with Gasteiger partial charge in [0.25, 0.3) is 5.91 Å². The summed E-state index contributed by atoms with van der Waals surface area (Å²) in [5, 5.41) is 3.67. The predicted octanol–water partition coefficient (Wildman–Crippen LogP) is 2.48. The minimum Gasteiger partial charge on any atom is -0.462 e. The molecule has 0 aromatic carbocycles. The first-order chi connectivity index (χ1) is 9.74. The fourth-order valence-electron chi connectivity index (χ4n) is 2.18. The second-order valence-electron chi connectivity index (χ2n) is 4.84. The van der Waals surface area contributed by atoms with Gasteiger partial charge in [0.15, 0.2) is 10.8 Å². The number of nitrogens with zero attached hydrogens (tertiary/aromatic N) is 1. The Bertz CT molecular complexity index is 586. The lowest BCUT2D eigenvalue weighted by Crippen LogP contribution is -2.30. The molecule has 1 N–H and O–H groups in total. The summed E-state index contributed by atoms with van der Waals surface area (Å²) in [6.45, 7) is 4.07. The van der Waals surface area contributed by atoms with E-state index in [1.807, 2.05) is 19.1 Å². The minimum atomic E-state index is -0.122. The van der Waals surface area contributed by atoms with Crippen molar-refractivity contribution >= 4 is 17.2 Å². The first kappa shape index (κ1) is 13.3. The van der Waals surface area contributed by atoms with E-state index in [9.17, 15) is 4.79 Å². The third-order valence-corrected chi connectivity index (χ3v) is 4.30. The number of hydrogen-bond acceptors (Lipinski definition) is 5. The van der Waals surface area contributed by atoms with E-state index in [4.69, 9.17) is 9.15 Å². The lowest BCUT2D eigenvalue weighted by molar-refractivity contribution is 0.0940. The maximum absolute atomic E-state index is 12.2. The van der Waals surface area contributed by atoms with Crippen LogP contribution in [0, 0.1) is 12.8 Å². The van der Waals surface area contributed by atoms with Gasteiger partial charge in [-0.3, -0.25) is 4.79 Å². The van der Waals surface area contributed by atoms with Crippen molar-refractivity contribution in [3.05, 3.63) is 29.0 Å². The first-order valence-electron chi connectivity index (χ1n) is 6.61. The SMILES string of the molecule is Cc1sc(-c2ccco2)nc1C(=O)NC[C@@H]1CCOC1. The molecular weight excluding hydrogens is 276 g/mol. The average Bonchev–Trinajstić information content (AvgIpc) is 3.17. The molecule has 0 saturated carbocycles. The van der Waals surface area contributed by atoms with Crippen LogP contribution in [0.15, 0.2) is 22.8 Å². The maximum Gasteiger partial charge on any atom is 0.271 e. The van der Waals surface area contributed by atoms with Crippen molar-refractivity contribution in [2.45, 2.75) is 13.3 Å². The molecule has 5 nitrogen and oxygen atoms in total. The van der Waals surface area contributed by atoms with Gasteiger partial charge in [0.05, 0.1) is 12.9 Å². The summed E-state index contributed by atoms with van der Waals surface area (Å²) in [5.74, 6) is 0.993. The number of furan rings is 1. The minimum absolute atomic E-state index is 0.122. The topological polar surface area (TPSA) is 64.4 Å². The second kappa shape index (κ2) is 5.76. The zero-order chi connectivity index (χ0) is 13.9. The molecule has 6 heteroatoms. The van der Waals surface area contributed by atoms with Crippen LogP contribution in [0.1, 0.15) is 21.8 Å². The zero-order valence-corrected chi connectivity index (χ0v) is 12.0. The highest BCUT2D eigenvalue weighted by molar-refractivity contribution is 7.15. The summed E-state index contributed by atoms with van der Waals surface area (Å²) in [4.78, 5) is 17.4. The molecule has 0 aliphatic carbocycles. The van der Waals surface area contributed by atoms with E-state index in [-0.39, 0.29) is 5.91 Å². The molecule has 1 atom stereocenters. The van der Waals surface area contributed by atoms with Crippen molar-refractivity contribution in [2.24, 2.45) is 5.92 Å². The number of rotatable bonds is 4. The van der Waals surface area contributed by atoms with Crippen LogP contribution in [0.2, 0.25) is 0 Å². The summed E-state index contributed by atoms with van der Waals surface area (Å²) < 4.78 is 10.6. The summed E-state index contributed by atoms with van der Waals surface area (Å²) in [7, 11) is 0. The van der Waals surface area contributed by atoms with Gasteiger partial charge in [0, 0.05) is 23.9 Å². The van der Waals surface area contributed by atoms with Crippen LogP contribution < -0.4 is 5.32 Å². The number of ether oxygens (including phenoxy) is 1. The number of thiazole rings is 1. The molecule has 0 spiro atoms. The fraction of sp³-hybridized carbons (Fsp3) is 0.429. The third kappa shape index (κ3) is 2.76. The number of aromatic nitrogens is 1. The zero-order valence-electron chi connectivity index (χ0n) is 11.2. The Kier molecular flexibility index (Phi) is 3.84. The third-order valence-electron chi connectivity index (χ3n) is 3.32. The number of nitrogens with one attached hydrogen (secondary N) is 1. The van der Waals surface area contributed by atoms with Crippen LogP contribution in [0.3, 0.4) is 0 Å². The molecule has 1 saturated heterocycles. The summed E-state index contributed by atoms with van der Waals surface area (Å²) in [6.07, 6.45) is 2.61. The van der Waals surface area contributed by atoms with Gasteiger partial charge in [-0.15, -0.1) is 11.3 Å². The summed E-state index contributed by atoms with van der Waals surface area (Å²) in [5.41, 5.74) is 0.486. The van der Waals surface area contributed by atoms with Crippen LogP contribution >= 0.6 is 11.3 Å². The van der Waals surface area contributed by atoms with E-state index >= 15 is 0 Å². The van der Waals surface area contributed by atoms with E-state index in [1.165, 1.54) is 11.3 Å². The Morgan fingerprint density at radius 3 is 3.20 bits per heavy atom. The molecule has 106 valence electrons. The Balaban J connectivity index is 1.68. The van der Waals surface area contributed by atoms with Crippen LogP contribution in [0.4, 0.5) is 0 Å². The van der Waals surface area contributed by atoms with Gasteiger partial charge < -0.3 is 14.5 Å². The second-order valence-corrected chi connectivity index (χ2v) is 6.04. The fourth-order valence-corrected chi connectivity index (χ4v) is 3.06. The Morgan fingerprint density at radius 1 is 1.60 bits per heavy atom. The predicted molar refractivity (Wildman–Crippen MR) is 75.8 cm³/mol. The molecule has 3 rings (SSSR count).